The number of nitrogens with zero attached hydrogens (tertiary/aromatic N) is 1. The lowest BCUT2D eigenvalue weighted by Gasteiger charge is -2.02. The van der Waals surface area contributed by atoms with Gasteiger partial charge < -0.3 is 14.5 Å². The first-order chi connectivity index (χ1) is 10.6. The van der Waals surface area contributed by atoms with E-state index in [4.69, 9.17) is 4.42 Å². The number of rotatable bonds is 4. The highest BCUT2D eigenvalue weighted by molar-refractivity contribution is 5.96. The van der Waals surface area contributed by atoms with Crippen molar-refractivity contribution in [2.45, 2.75) is 0 Å². The number of hydrogen-bond acceptors (Lipinski definition) is 6. The number of esters is 1. The summed E-state index contributed by atoms with van der Waals surface area (Å²) in [6.45, 7) is -0.565. The van der Waals surface area contributed by atoms with Crippen LogP contribution in [0.15, 0.2) is 34.8 Å². The quantitative estimate of drug-likeness (QED) is 0.639. The van der Waals surface area contributed by atoms with Crippen LogP contribution in [0, 0.1) is 0 Å². The second kappa shape index (κ2) is 7.02. The number of urea groups is 1. The number of aromatic nitrogens is 1. The van der Waals surface area contributed by atoms with Crippen LogP contribution < -0.4 is 10.6 Å². The molecule has 8 nitrogen and oxygen atoms in total. The Morgan fingerprint density at radius 3 is 2.82 bits per heavy atom. The molecule has 0 atom stereocenters. The Labute approximate surface area is 125 Å². The molecule has 0 aliphatic heterocycles. The highest BCUT2D eigenvalue weighted by Gasteiger charge is 2.08. The molecule has 0 aliphatic rings. The Hall–Kier alpha value is -3.16. The maximum absolute atomic E-state index is 11.4. The van der Waals surface area contributed by atoms with Gasteiger partial charge in [-0.1, -0.05) is 12.1 Å². The third kappa shape index (κ3) is 4.17. The van der Waals surface area contributed by atoms with Crippen LogP contribution in [0.2, 0.25) is 0 Å². The zero-order chi connectivity index (χ0) is 15.9. The van der Waals surface area contributed by atoms with Crippen molar-refractivity contribution in [3.8, 4) is 0 Å². The van der Waals surface area contributed by atoms with Crippen LogP contribution in [0.25, 0.3) is 17.2 Å². The average Bonchev–Trinajstić information content (AvgIpc) is 2.93. The first-order valence-electron chi connectivity index (χ1n) is 6.30. The van der Waals surface area contributed by atoms with E-state index in [-0.39, 0.29) is 5.89 Å². The van der Waals surface area contributed by atoms with Gasteiger partial charge in [0, 0.05) is 19.2 Å². The van der Waals surface area contributed by atoms with E-state index in [1.807, 2.05) is 11.4 Å². The molecule has 1 aromatic heterocycles. The zero-order valence-electron chi connectivity index (χ0n) is 11.7. The predicted octanol–water partition coefficient (Wildman–Crippen LogP) is 0.840. The molecule has 0 aliphatic carbocycles. The SMILES string of the molecule is CNC(=O)NC(=O)COC(=O)/C=C/c1nc2ccccc2o1. The Balaban J connectivity index is 1.86. The molecule has 3 amide bonds. The van der Waals surface area contributed by atoms with Crippen LogP contribution in [0.5, 0.6) is 0 Å². The number of para-hydroxylation sites is 2. The molecule has 1 aromatic carbocycles. The van der Waals surface area contributed by atoms with Crippen LogP contribution in [-0.4, -0.2) is 36.5 Å². The molecule has 114 valence electrons. The molecule has 0 saturated carbocycles. The highest BCUT2D eigenvalue weighted by atomic mass is 16.5. The Morgan fingerprint density at radius 2 is 2.09 bits per heavy atom. The lowest BCUT2D eigenvalue weighted by molar-refractivity contribution is -0.143. The third-order valence-corrected chi connectivity index (χ3v) is 2.50. The van der Waals surface area contributed by atoms with Gasteiger partial charge in [0.1, 0.15) is 5.52 Å². The molecular weight excluding hydrogens is 290 g/mol. The van der Waals surface area contributed by atoms with Crippen molar-refractivity contribution < 1.29 is 23.5 Å². The molecule has 8 heteroatoms. The van der Waals surface area contributed by atoms with Crippen molar-refractivity contribution in [1.29, 1.82) is 0 Å². The molecule has 2 rings (SSSR count). The van der Waals surface area contributed by atoms with Crippen molar-refractivity contribution in [2.24, 2.45) is 0 Å². The fraction of sp³-hybridized carbons (Fsp3) is 0.143. The first-order valence-corrected chi connectivity index (χ1v) is 6.30. The zero-order valence-corrected chi connectivity index (χ0v) is 11.7. The van der Waals surface area contributed by atoms with Gasteiger partial charge in [-0.3, -0.25) is 10.1 Å². The van der Waals surface area contributed by atoms with Gasteiger partial charge in [-0.25, -0.2) is 14.6 Å². The van der Waals surface area contributed by atoms with E-state index < -0.39 is 24.5 Å². The summed E-state index contributed by atoms with van der Waals surface area (Å²) in [4.78, 5) is 37.6. The number of carbonyl (C=O) groups is 3. The summed E-state index contributed by atoms with van der Waals surface area (Å²) < 4.78 is 10.0. The maximum atomic E-state index is 11.4. The third-order valence-electron chi connectivity index (χ3n) is 2.50. The predicted molar refractivity (Wildman–Crippen MR) is 76.6 cm³/mol. The van der Waals surface area contributed by atoms with Gasteiger partial charge in [0.2, 0.25) is 5.89 Å². The number of ether oxygens (including phenoxy) is 1. The van der Waals surface area contributed by atoms with Gasteiger partial charge in [-0.15, -0.1) is 0 Å². The minimum Gasteiger partial charge on any atom is -0.452 e. The van der Waals surface area contributed by atoms with Crippen LogP contribution in [-0.2, 0) is 14.3 Å². The number of amides is 3. The largest absolute Gasteiger partial charge is 0.452 e. The Kier molecular flexibility index (Phi) is 4.86. The van der Waals surface area contributed by atoms with Crippen LogP contribution in [0.4, 0.5) is 4.79 Å². The summed E-state index contributed by atoms with van der Waals surface area (Å²) in [6.07, 6.45) is 2.41. The summed E-state index contributed by atoms with van der Waals surface area (Å²) in [6, 6.07) is 6.47. The number of hydrogen-bond donors (Lipinski definition) is 2. The normalized spacial score (nSPS) is 10.6. The van der Waals surface area contributed by atoms with E-state index in [1.54, 1.807) is 18.2 Å². The first kappa shape index (κ1) is 15.2. The summed E-state index contributed by atoms with van der Waals surface area (Å²) in [5, 5.41) is 4.15. The monoisotopic (exact) mass is 303 g/mol. The summed E-state index contributed by atoms with van der Waals surface area (Å²) in [5.74, 6) is -1.25. The lowest BCUT2D eigenvalue weighted by Crippen LogP contribution is -2.39. The standard InChI is InChI=1S/C14H13N3O5/c1-15-14(20)17-11(18)8-21-13(19)7-6-12-16-9-4-2-3-5-10(9)22-12/h2-7H,8H2,1H3,(H2,15,17,18,20)/b7-6+. The fourth-order valence-corrected chi connectivity index (χ4v) is 1.51. The second-order valence-corrected chi connectivity index (χ2v) is 4.09. The Morgan fingerprint density at radius 1 is 1.32 bits per heavy atom. The van der Waals surface area contributed by atoms with Gasteiger partial charge in [-0.05, 0) is 12.1 Å². The molecule has 1 heterocycles. The molecule has 0 bridgehead atoms. The number of benzene rings is 1. The van der Waals surface area contributed by atoms with E-state index in [9.17, 15) is 14.4 Å². The number of fused-ring (bicyclic) bond motifs is 1. The van der Waals surface area contributed by atoms with Crippen molar-refractivity contribution >= 4 is 35.1 Å². The van der Waals surface area contributed by atoms with Gasteiger partial charge in [0.15, 0.2) is 12.2 Å². The minimum absolute atomic E-state index is 0.243. The van der Waals surface area contributed by atoms with Gasteiger partial charge >= 0.3 is 12.0 Å². The van der Waals surface area contributed by atoms with E-state index in [1.165, 1.54) is 13.1 Å². The maximum Gasteiger partial charge on any atom is 0.331 e. The summed E-state index contributed by atoms with van der Waals surface area (Å²) in [7, 11) is 1.36. The number of imide groups is 1. The molecule has 2 N–H and O–H groups in total. The molecule has 0 unspecified atom stereocenters. The van der Waals surface area contributed by atoms with Crippen LogP contribution >= 0.6 is 0 Å². The number of oxazole rings is 1. The lowest BCUT2D eigenvalue weighted by atomic mass is 10.3. The molecule has 0 radical (unpaired) electrons. The Bertz CT molecular complexity index is 702. The van der Waals surface area contributed by atoms with Crippen molar-refractivity contribution in [3.05, 3.63) is 36.2 Å². The van der Waals surface area contributed by atoms with Gasteiger partial charge in [0.25, 0.3) is 5.91 Å². The van der Waals surface area contributed by atoms with E-state index in [2.05, 4.69) is 15.0 Å². The average molecular weight is 303 g/mol. The molecule has 0 fully saturated rings. The fourth-order valence-electron chi connectivity index (χ4n) is 1.51. The number of nitrogens with one attached hydrogen (secondary N) is 2. The molecule has 0 saturated heterocycles. The van der Waals surface area contributed by atoms with E-state index >= 15 is 0 Å². The molecule has 22 heavy (non-hydrogen) atoms. The highest BCUT2D eigenvalue weighted by Crippen LogP contribution is 2.15. The topological polar surface area (TPSA) is 111 Å². The van der Waals surface area contributed by atoms with Crippen molar-refractivity contribution in [1.82, 2.24) is 15.6 Å². The molecule has 0 spiro atoms. The van der Waals surface area contributed by atoms with Gasteiger partial charge in [-0.2, -0.15) is 0 Å². The van der Waals surface area contributed by atoms with E-state index in [0.717, 1.165) is 6.08 Å². The summed E-state index contributed by atoms with van der Waals surface area (Å²) >= 11 is 0. The summed E-state index contributed by atoms with van der Waals surface area (Å²) in [5.41, 5.74) is 1.26. The number of carbonyl (C=O) groups excluding carboxylic acids is 3. The van der Waals surface area contributed by atoms with Crippen molar-refractivity contribution in [2.75, 3.05) is 13.7 Å². The molecule has 2 aromatic rings. The smallest absolute Gasteiger partial charge is 0.331 e. The van der Waals surface area contributed by atoms with E-state index in [0.29, 0.717) is 11.1 Å². The van der Waals surface area contributed by atoms with Crippen molar-refractivity contribution in [3.63, 3.8) is 0 Å². The van der Waals surface area contributed by atoms with Crippen LogP contribution in [0.1, 0.15) is 5.89 Å². The minimum atomic E-state index is -0.755. The molecular formula is C14H13N3O5. The van der Waals surface area contributed by atoms with Gasteiger partial charge in [0.05, 0.1) is 0 Å². The van der Waals surface area contributed by atoms with Crippen LogP contribution in [0.3, 0.4) is 0 Å². The second-order valence-electron chi connectivity index (χ2n) is 4.09.